The van der Waals surface area contributed by atoms with Crippen LogP contribution in [0.3, 0.4) is 0 Å². The van der Waals surface area contributed by atoms with Crippen LogP contribution in [0.5, 0.6) is 0 Å². The van der Waals surface area contributed by atoms with E-state index in [9.17, 15) is 4.79 Å². The second-order valence-corrected chi connectivity index (χ2v) is 5.56. The molecule has 2 aromatic rings. The summed E-state index contributed by atoms with van der Waals surface area (Å²) in [5.41, 5.74) is 7.12. The Morgan fingerprint density at radius 2 is 2.16 bits per heavy atom. The number of hydrogen-bond donors (Lipinski definition) is 1. The highest BCUT2D eigenvalue weighted by Crippen LogP contribution is 2.27. The van der Waals surface area contributed by atoms with Crippen molar-refractivity contribution < 1.29 is 9.21 Å². The highest BCUT2D eigenvalue weighted by molar-refractivity contribution is 5.96. The maximum atomic E-state index is 12.5. The maximum absolute atomic E-state index is 12.5. The molecule has 0 bridgehead atoms. The van der Waals surface area contributed by atoms with Gasteiger partial charge in [0.25, 0.3) is 5.91 Å². The molecule has 4 heteroatoms. The average Bonchev–Trinajstić information content (AvgIpc) is 2.91. The van der Waals surface area contributed by atoms with E-state index in [1.54, 1.807) is 18.2 Å². The van der Waals surface area contributed by atoms with Crippen molar-refractivity contribution in [1.82, 2.24) is 4.90 Å². The first-order valence-electron chi connectivity index (χ1n) is 6.64. The Kier molecular flexibility index (Phi) is 2.73. The van der Waals surface area contributed by atoms with Gasteiger partial charge in [0.1, 0.15) is 5.58 Å². The third kappa shape index (κ3) is 2.07. The van der Waals surface area contributed by atoms with Gasteiger partial charge in [-0.1, -0.05) is 6.92 Å². The lowest BCUT2D eigenvalue weighted by Gasteiger charge is -2.19. The minimum absolute atomic E-state index is 0.0216. The van der Waals surface area contributed by atoms with Gasteiger partial charge in [0.2, 0.25) is 0 Å². The third-order valence-corrected chi connectivity index (χ3v) is 3.80. The van der Waals surface area contributed by atoms with E-state index in [2.05, 4.69) is 13.8 Å². The van der Waals surface area contributed by atoms with Crippen LogP contribution in [0.25, 0.3) is 11.0 Å². The summed E-state index contributed by atoms with van der Waals surface area (Å²) >= 11 is 0. The Morgan fingerprint density at radius 3 is 2.84 bits per heavy atom. The second-order valence-electron chi connectivity index (χ2n) is 5.56. The number of fused-ring (bicyclic) bond motifs is 1. The van der Waals surface area contributed by atoms with E-state index in [1.807, 2.05) is 11.0 Å². The number of hydrogen-bond acceptors (Lipinski definition) is 3. The lowest BCUT2D eigenvalue weighted by atomic mass is 10.1. The highest BCUT2D eigenvalue weighted by atomic mass is 16.3. The van der Waals surface area contributed by atoms with Crippen LogP contribution in [0, 0.1) is 5.92 Å². The molecule has 2 atom stereocenters. The molecule has 0 radical (unpaired) electrons. The van der Waals surface area contributed by atoms with E-state index in [0.29, 0.717) is 22.9 Å². The highest BCUT2D eigenvalue weighted by Gasteiger charge is 2.32. The van der Waals surface area contributed by atoms with Crippen LogP contribution in [0.4, 0.5) is 5.69 Å². The average molecular weight is 258 g/mol. The fourth-order valence-corrected chi connectivity index (χ4v) is 2.89. The van der Waals surface area contributed by atoms with Crippen molar-refractivity contribution in [3.63, 3.8) is 0 Å². The quantitative estimate of drug-likeness (QED) is 0.800. The molecular formula is C15H18N2O2. The number of carbonyl (C=O) groups excluding carboxylic acids is 1. The van der Waals surface area contributed by atoms with Crippen LogP contribution in [-0.4, -0.2) is 23.4 Å². The Bertz CT molecular complexity index is 632. The van der Waals surface area contributed by atoms with Crippen LogP contribution < -0.4 is 5.73 Å². The predicted molar refractivity (Wildman–Crippen MR) is 74.9 cm³/mol. The molecule has 2 N–H and O–H groups in total. The fraction of sp³-hybridized carbons (Fsp3) is 0.400. The number of amides is 1. The number of anilines is 1. The summed E-state index contributed by atoms with van der Waals surface area (Å²) < 4.78 is 5.63. The van der Waals surface area contributed by atoms with Crippen molar-refractivity contribution in [2.24, 2.45) is 5.92 Å². The smallest absolute Gasteiger partial charge is 0.289 e. The number of nitrogen functional groups attached to an aromatic ring is 1. The molecule has 1 aromatic heterocycles. The first-order valence-corrected chi connectivity index (χ1v) is 6.64. The van der Waals surface area contributed by atoms with Gasteiger partial charge in [-0.3, -0.25) is 4.79 Å². The normalized spacial score (nSPS) is 23.2. The van der Waals surface area contributed by atoms with E-state index in [1.165, 1.54) is 0 Å². The zero-order valence-electron chi connectivity index (χ0n) is 11.2. The lowest BCUT2D eigenvalue weighted by molar-refractivity contribution is 0.0714. The number of furan rings is 1. The molecule has 1 amide bonds. The number of carbonyl (C=O) groups is 1. The van der Waals surface area contributed by atoms with E-state index in [4.69, 9.17) is 10.2 Å². The van der Waals surface area contributed by atoms with Crippen molar-refractivity contribution in [2.45, 2.75) is 26.3 Å². The minimum atomic E-state index is -0.0216. The van der Waals surface area contributed by atoms with Crippen molar-refractivity contribution in [1.29, 1.82) is 0 Å². The SMILES string of the molecule is CC1CC(C)N(C(=O)c2cc3cc(N)ccc3o2)C1. The number of benzene rings is 1. The first-order chi connectivity index (χ1) is 9.04. The summed E-state index contributed by atoms with van der Waals surface area (Å²) in [4.78, 5) is 14.4. The number of nitrogens with zero attached hydrogens (tertiary/aromatic N) is 1. The standard InChI is InChI=1S/C15H18N2O2/c1-9-5-10(2)17(8-9)15(18)14-7-11-6-12(16)3-4-13(11)19-14/h3-4,6-7,9-10H,5,8,16H2,1-2H3. The third-order valence-electron chi connectivity index (χ3n) is 3.80. The Balaban J connectivity index is 1.93. The number of rotatable bonds is 1. The van der Waals surface area contributed by atoms with Gasteiger partial charge >= 0.3 is 0 Å². The summed E-state index contributed by atoms with van der Waals surface area (Å²) in [5.74, 6) is 0.937. The van der Waals surface area contributed by atoms with Gasteiger partial charge < -0.3 is 15.1 Å². The van der Waals surface area contributed by atoms with Crippen LogP contribution in [0.1, 0.15) is 30.8 Å². The second kappa shape index (κ2) is 4.30. The van der Waals surface area contributed by atoms with Crippen molar-refractivity contribution in [3.8, 4) is 0 Å². The first kappa shape index (κ1) is 12.1. The van der Waals surface area contributed by atoms with Gasteiger partial charge in [-0.05, 0) is 43.5 Å². The topological polar surface area (TPSA) is 59.5 Å². The predicted octanol–water partition coefficient (Wildman–Crippen LogP) is 2.89. The summed E-state index contributed by atoms with van der Waals surface area (Å²) in [6, 6.07) is 7.47. The van der Waals surface area contributed by atoms with E-state index in [-0.39, 0.29) is 11.9 Å². The molecule has 1 fully saturated rings. The van der Waals surface area contributed by atoms with Gasteiger partial charge in [-0.25, -0.2) is 0 Å². The molecule has 1 aliphatic rings. The molecule has 1 aliphatic heterocycles. The zero-order valence-corrected chi connectivity index (χ0v) is 11.2. The van der Waals surface area contributed by atoms with Gasteiger partial charge in [0, 0.05) is 23.7 Å². The minimum Gasteiger partial charge on any atom is -0.451 e. The van der Waals surface area contributed by atoms with Crippen LogP contribution >= 0.6 is 0 Å². The van der Waals surface area contributed by atoms with Crippen LogP contribution in [-0.2, 0) is 0 Å². The Hall–Kier alpha value is -1.97. The van der Waals surface area contributed by atoms with Gasteiger partial charge in [-0.2, -0.15) is 0 Å². The molecule has 100 valence electrons. The van der Waals surface area contributed by atoms with Gasteiger partial charge in [0.15, 0.2) is 5.76 Å². The van der Waals surface area contributed by atoms with E-state index < -0.39 is 0 Å². The molecular weight excluding hydrogens is 240 g/mol. The maximum Gasteiger partial charge on any atom is 0.289 e. The molecule has 19 heavy (non-hydrogen) atoms. The van der Waals surface area contributed by atoms with Gasteiger partial charge in [-0.15, -0.1) is 0 Å². The van der Waals surface area contributed by atoms with Gasteiger partial charge in [0.05, 0.1) is 0 Å². The monoisotopic (exact) mass is 258 g/mol. The van der Waals surface area contributed by atoms with Crippen molar-refractivity contribution in [2.75, 3.05) is 12.3 Å². The Morgan fingerprint density at radius 1 is 1.37 bits per heavy atom. The molecule has 3 rings (SSSR count). The molecule has 0 spiro atoms. The van der Waals surface area contributed by atoms with Crippen molar-refractivity contribution in [3.05, 3.63) is 30.0 Å². The summed E-state index contributed by atoms with van der Waals surface area (Å²) in [6.07, 6.45) is 1.05. The Labute approximate surface area is 112 Å². The molecule has 0 saturated carbocycles. The molecule has 4 nitrogen and oxygen atoms in total. The molecule has 2 unspecified atom stereocenters. The molecule has 1 saturated heterocycles. The van der Waals surface area contributed by atoms with Crippen LogP contribution in [0.15, 0.2) is 28.7 Å². The lowest BCUT2D eigenvalue weighted by Crippen LogP contribution is -2.33. The fourth-order valence-electron chi connectivity index (χ4n) is 2.89. The van der Waals surface area contributed by atoms with E-state index >= 15 is 0 Å². The van der Waals surface area contributed by atoms with Crippen LogP contribution in [0.2, 0.25) is 0 Å². The van der Waals surface area contributed by atoms with E-state index in [0.717, 1.165) is 18.4 Å². The van der Waals surface area contributed by atoms with Crippen molar-refractivity contribution >= 4 is 22.6 Å². The summed E-state index contributed by atoms with van der Waals surface area (Å²) in [7, 11) is 0. The summed E-state index contributed by atoms with van der Waals surface area (Å²) in [6.45, 7) is 5.06. The zero-order chi connectivity index (χ0) is 13.6. The molecule has 2 heterocycles. The molecule has 1 aromatic carbocycles. The summed E-state index contributed by atoms with van der Waals surface area (Å²) in [5, 5.41) is 0.878. The number of nitrogens with two attached hydrogens (primary N) is 1. The largest absolute Gasteiger partial charge is 0.451 e. The number of likely N-dealkylation sites (tertiary alicyclic amines) is 1. The molecule has 0 aliphatic carbocycles.